The lowest BCUT2D eigenvalue weighted by molar-refractivity contribution is -0.179. The number of rotatable bonds is 16. The van der Waals surface area contributed by atoms with Crippen molar-refractivity contribution in [3.8, 4) is 11.5 Å². The van der Waals surface area contributed by atoms with Crippen molar-refractivity contribution >= 4 is 47.7 Å². The molecule has 1 heterocycles. The van der Waals surface area contributed by atoms with Crippen molar-refractivity contribution in [3.63, 3.8) is 0 Å². The van der Waals surface area contributed by atoms with Gasteiger partial charge in [0.15, 0.2) is 17.5 Å². The second-order valence-corrected chi connectivity index (χ2v) is 11.7. The average Bonchev–Trinajstić information content (AvgIpc) is 3.25. The Morgan fingerprint density at radius 3 is 1.90 bits per heavy atom. The van der Waals surface area contributed by atoms with Crippen LogP contribution >= 0.6 is 0 Å². The molecular formula is C33H44N10O8. The molecule has 1 aliphatic heterocycles. The first kappa shape index (κ1) is 39.3. The Kier molecular flexibility index (Phi) is 13.5. The van der Waals surface area contributed by atoms with E-state index < -0.39 is 53.5 Å². The van der Waals surface area contributed by atoms with Gasteiger partial charge in [-0.3, -0.25) is 34.1 Å². The molecule has 0 aromatic heterocycles. The zero-order valence-electron chi connectivity index (χ0n) is 27.9. The topological polar surface area (TPSA) is 317 Å². The number of nitrogens with two attached hydrogens (primary N) is 4. The number of carbonyl (C=O) groups excluding carboxylic acids is 4. The minimum absolute atomic E-state index is 0.0148. The molecule has 0 aliphatic carbocycles. The van der Waals surface area contributed by atoms with Crippen molar-refractivity contribution in [2.75, 3.05) is 19.6 Å². The van der Waals surface area contributed by atoms with E-state index in [9.17, 15) is 39.6 Å². The Morgan fingerprint density at radius 1 is 0.863 bits per heavy atom. The largest absolute Gasteiger partial charge is 0.508 e. The molecule has 1 aliphatic rings. The molecule has 2 aromatic rings. The number of hydrogen-bond donors (Lipinski definition) is 11. The lowest BCUT2D eigenvalue weighted by Crippen LogP contribution is -2.64. The summed E-state index contributed by atoms with van der Waals surface area (Å²) >= 11 is 0. The zero-order valence-corrected chi connectivity index (χ0v) is 27.9. The van der Waals surface area contributed by atoms with Gasteiger partial charge in [-0.1, -0.05) is 24.3 Å². The predicted octanol–water partition coefficient (Wildman–Crippen LogP) is -1.93. The van der Waals surface area contributed by atoms with Gasteiger partial charge in [0, 0.05) is 25.5 Å². The molecule has 15 N–H and O–H groups in total. The van der Waals surface area contributed by atoms with Crippen molar-refractivity contribution < 1.29 is 39.6 Å². The lowest BCUT2D eigenvalue weighted by Gasteiger charge is -2.38. The van der Waals surface area contributed by atoms with Crippen molar-refractivity contribution in [2.24, 2.45) is 38.8 Å². The van der Waals surface area contributed by atoms with Crippen LogP contribution in [0, 0.1) is 5.92 Å². The third-order valence-corrected chi connectivity index (χ3v) is 8.06. The highest BCUT2D eigenvalue weighted by molar-refractivity contribution is 6.02. The SMILES string of the molecule is C[C@H](C(=O)N/C=C/c1ccc(O)cc1)N1C(=O)[C@](O)(CCCN=C(N)N)[C@@H](CCN=C(N)N)[C@]1(O)C(=O)NCC(=O)N/C=C/c1ccc(O)cc1. The molecule has 51 heavy (non-hydrogen) atoms. The van der Waals surface area contributed by atoms with Gasteiger partial charge in [0.05, 0.1) is 12.5 Å². The van der Waals surface area contributed by atoms with E-state index in [2.05, 4.69) is 25.9 Å². The fraction of sp³-hybridized carbons (Fsp3) is 0.333. The minimum Gasteiger partial charge on any atom is -0.508 e. The second kappa shape index (κ2) is 17.5. The van der Waals surface area contributed by atoms with Crippen LogP contribution in [0.4, 0.5) is 0 Å². The van der Waals surface area contributed by atoms with E-state index in [-0.39, 0.29) is 55.8 Å². The first-order valence-electron chi connectivity index (χ1n) is 15.8. The number of carbonyl (C=O) groups is 4. The normalized spacial score (nSPS) is 20.6. The number of nitrogens with one attached hydrogen (secondary N) is 3. The van der Waals surface area contributed by atoms with Crippen LogP contribution in [0.5, 0.6) is 11.5 Å². The number of phenolic OH excluding ortho intramolecular Hbond substituents is 2. The van der Waals surface area contributed by atoms with Gasteiger partial charge in [-0.05, 0) is 73.7 Å². The molecule has 274 valence electrons. The van der Waals surface area contributed by atoms with Crippen molar-refractivity contribution in [2.45, 2.75) is 43.6 Å². The summed E-state index contributed by atoms with van der Waals surface area (Å²) < 4.78 is 0. The van der Waals surface area contributed by atoms with Crippen LogP contribution in [0.2, 0.25) is 0 Å². The number of hydrogen-bond acceptors (Lipinski definition) is 10. The molecule has 18 heteroatoms. The number of nitrogens with zero attached hydrogens (tertiary/aromatic N) is 3. The first-order valence-corrected chi connectivity index (χ1v) is 15.8. The van der Waals surface area contributed by atoms with Gasteiger partial charge in [0.1, 0.15) is 17.5 Å². The zero-order chi connectivity index (χ0) is 37.8. The lowest BCUT2D eigenvalue weighted by atomic mass is 9.78. The molecular weight excluding hydrogens is 664 g/mol. The highest BCUT2D eigenvalue weighted by atomic mass is 16.4. The molecule has 2 aromatic carbocycles. The van der Waals surface area contributed by atoms with Crippen LogP contribution in [0.15, 0.2) is 70.9 Å². The monoisotopic (exact) mass is 708 g/mol. The Morgan fingerprint density at radius 2 is 1.37 bits per heavy atom. The molecule has 4 atom stereocenters. The maximum atomic E-state index is 14.1. The van der Waals surface area contributed by atoms with Crippen LogP contribution in [0.1, 0.15) is 37.3 Å². The van der Waals surface area contributed by atoms with Gasteiger partial charge in [-0.2, -0.15) is 0 Å². The summed E-state index contributed by atoms with van der Waals surface area (Å²) in [6.45, 7) is 0.318. The van der Waals surface area contributed by atoms with E-state index in [0.29, 0.717) is 16.0 Å². The van der Waals surface area contributed by atoms with Crippen LogP contribution < -0.4 is 38.9 Å². The Bertz CT molecular complexity index is 1670. The average molecular weight is 709 g/mol. The molecule has 0 bridgehead atoms. The van der Waals surface area contributed by atoms with Crippen LogP contribution in [-0.2, 0) is 19.2 Å². The summed E-state index contributed by atoms with van der Waals surface area (Å²) in [5, 5.41) is 50.4. The van der Waals surface area contributed by atoms with E-state index in [1.807, 2.05) is 0 Å². The van der Waals surface area contributed by atoms with Gasteiger partial charge >= 0.3 is 0 Å². The molecule has 4 amide bonds. The smallest absolute Gasteiger partial charge is 0.274 e. The third kappa shape index (κ3) is 10.2. The summed E-state index contributed by atoms with van der Waals surface area (Å²) in [5.41, 5.74) is 17.7. The van der Waals surface area contributed by atoms with Gasteiger partial charge in [0.2, 0.25) is 17.5 Å². The molecule has 0 saturated carbocycles. The number of amides is 4. The standard InChI is InChI=1S/C33H44N10O8/c1-20(27(47)39-17-12-22-5-9-24(45)10-6-22)43-29(49)32(50,14-2-15-40-30(34)35)25(13-18-41-31(36)37)33(43,51)28(48)42-19-26(46)38-16-11-21-3-7-23(44)8-4-21/h3-12,16-17,20,25,44-45,50-51H,2,13-15,18-19H2,1H3,(H,38,46)(H,39,47)(H,42,48)(H4,34,35,40)(H4,36,37,41)/b16-11+,17-12+/t20-,25-,32+,33+/m1/s1. The summed E-state index contributed by atoms with van der Waals surface area (Å²) in [6.07, 6.45) is 4.95. The van der Waals surface area contributed by atoms with Gasteiger partial charge < -0.3 is 59.3 Å². The summed E-state index contributed by atoms with van der Waals surface area (Å²) in [4.78, 5) is 62.4. The summed E-state index contributed by atoms with van der Waals surface area (Å²) in [6, 6.07) is 10.6. The Balaban J connectivity index is 1.92. The van der Waals surface area contributed by atoms with E-state index in [1.54, 1.807) is 24.3 Å². The molecule has 18 nitrogen and oxygen atoms in total. The van der Waals surface area contributed by atoms with Crippen LogP contribution in [-0.4, -0.2) is 97.9 Å². The summed E-state index contributed by atoms with van der Waals surface area (Å²) in [5.74, 6) is -6.05. The Hall–Kier alpha value is -6.14. The number of aromatic hydroxyl groups is 2. The van der Waals surface area contributed by atoms with Crippen LogP contribution in [0.25, 0.3) is 12.2 Å². The predicted molar refractivity (Wildman–Crippen MR) is 188 cm³/mol. The molecule has 1 saturated heterocycles. The molecule has 0 radical (unpaired) electrons. The third-order valence-electron chi connectivity index (χ3n) is 8.06. The number of phenols is 2. The number of aliphatic hydroxyl groups is 2. The fourth-order valence-corrected chi connectivity index (χ4v) is 5.55. The molecule has 1 fully saturated rings. The van der Waals surface area contributed by atoms with E-state index in [1.165, 1.54) is 55.7 Å². The number of benzene rings is 2. The van der Waals surface area contributed by atoms with Crippen molar-refractivity contribution in [1.82, 2.24) is 20.9 Å². The molecule has 0 spiro atoms. The van der Waals surface area contributed by atoms with E-state index >= 15 is 0 Å². The highest BCUT2D eigenvalue weighted by Gasteiger charge is 2.70. The quantitative estimate of drug-likeness (QED) is 0.0516. The highest BCUT2D eigenvalue weighted by Crippen LogP contribution is 2.47. The number of likely N-dealkylation sites (tertiary alicyclic amines) is 1. The number of guanidine groups is 2. The maximum Gasteiger partial charge on any atom is 0.274 e. The van der Waals surface area contributed by atoms with Gasteiger partial charge in [0.25, 0.3) is 11.8 Å². The first-order chi connectivity index (χ1) is 24.1. The van der Waals surface area contributed by atoms with E-state index in [4.69, 9.17) is 22.9 Å². The number of aliphatic imine (C=N–C) groups is 2. The summed E-state index contributed by atoms with van der Waals surface area (Å²) in [7, 11) is 0. The molecule has 0 unspecified atom stereocenters. The molecule has 3 rings (SSSR count). The minimum atomic E-state index is -2.90. The maximum absolute atomic E-state index is 14.1. The van der Waals surface area contributed by atoms with E-state index in [0.717, 1.165) is 0 Å². The Labute approximate surface area is 293 Å². The van der Waals surface area contributed by atoms with Crippen molar-refractivity contribution in [3.05, 3.63) is 72.1 Å². The van der Waals surface area contributed by atoms with Gasteiger partial charge in [-0.25, -0.2) is 0 Å². The fourth-order valence-electron chi connectivity index (χ4n) is 5.55. The van der Waals surface area contributed by atoms with Gasteiger partial charge in [-0.15, -0.1) is 0 Å². The second-order valence-electron chi connectivity index (χ2n) is 11.7. The van der Waals surface area contributed by atoms with Crippen LogP contribution in [0.3, 0.4) is 0 Å². The van der Waals surface area contributed by atoms with Crippen molar-refractivity contribution in [1.29, 1.82) is 0 Å².